The zero-order valence-corrected chi connectivity index (χ0v) is 14.5. The van der Waals surface area contributed by atoms with Gasteiger partial charge in [-0.25, -0.2) is 0 Å². The fraction of sp³-hybridized carbons (Fsp3) is 0.333. The maximum absolute atomic E-state index is 5.94. The lowest BCUT2D eigenvalue weighted by Gasteiger charge is -2.33. The molecule has 0 radical (unpaired) electrons. The highest BCUT2D eigenvalue weighted by atomic mass is 35.5. The number of benzene rings is 1. The Morgan fingerprint density at radius 2 is 1.64 bits per heavy atom. The van der Waals surface area contributed by atoms with E-state index in [1.807, 2.05) is 18.2 Å². The van der Waals surface area contributed by atoms with Gasteiger partial charge in [0.15, 0.2) is 5.76 Å². The number of hydrogen-bond donors (Lipinski definition) is 0. The fourth-order valence-corrected chi connectivity index (χ4v) is 3.09. The minimum absolute atomic E-state index is 0.432. The molecule has 1 aromatic carbocycles. The third-order valence-electron chi connectivity index (χ3n) is 4.34. The highest BCUT2D eigenvalue weighted by Crippen LogP contribution is 2.19. The van der Waals surface area contributed by atoms with E-state index in [1.54, 1.807) is 12.3 Å². The molecule has 0 amide bonds. The molecular formula is C18H19ClN4O2. The Morgan fingerprint density at radius 3 is 2.32 bits per heavy atom. The van der Waals surface area contributed by atoms with Crippen LogP contribution in [0.1, 0.15) is 11.5 Å². The van der Waals surface area contributed by atoms with Crippen molar-refractivity contribution in [3.8, 4) is 11.7 Å². The molecule has 1 aliphatic rings. The van der Waals surface area contributed by atoms with Crippen LogP contribution in [-0.4, -0.2) is 46.2 Å². The highest BCUT2D eigenvalue weighted by Gasteiger charge is 2.20. The van der Waals surface area contributed by atoms with Gasteiger partial charge in [-0.1, -0.05) is 23.7 Å². The molecule has 3 heterocycles. The summed E-state index contributed by atoms with van der Waals surface area (Å²) in [6, 6.07) is 11.7. The van der Waals surface area contributed by atoms with Gasteiger partial charge in [0.1, 0.15) is 0 Å². The van der Waals surface area contributed by atoms with Crippen LogP contribution < -0.4 is 0 Å². The van der Waals surface area contributed by atoms with Crippen LogP contribution in [0.15, 0.2) is 51.5 Å². The van der Waals surface area contributed by atoms with Gasteiger partial charge < -0.3 is 8.83 Å². The number of aromatic nitrogens is 2. The molecule has 0 N–H and O–H groups in total. The number of nitrogens with zero attached hydrogens (tertiary/aromatic N) is 4. The predicted molar refractivity (Wildman–Crippen MR) is 94.0 cm³/mol. The zero-order chi connectivity index (χ0) is 17.1. The zero-order valence-electron chi connectivity index (χ0n) is 13.8. The molecule has 3 aromatic rings. The second kappa shape index (κ2) is 7.39. The quantitative estimate of drug-likeness (QED) is 0.697. The number of furan rings is 1. The van der Waals surface area contributed by atoms with Gasteiger partial charge in [0.2, 0.25) is 5.89 Å². The molecule has 1 saturated heterocycles. The molecule has 130 valence electrons. The maximum atomic E-state index is 5.94. The van der Waals surface area contributed by atoms with Gasteiger partial charge in [0.25, 0.3) is 5.89 Å². The summed E-state index contributed by atoms with van der Waals surface area (Å²) in [6.07, 6.45) is 1.60. The van der Waals surface area contributed by atoms with E-state index in [2.05, 4.69) is 32.1 Å². The van der Waals surface area contributed by atoms with E-state index in [4.69, 9.17) is 20.4 Å². The maximum Gasteiger partial charge on any atom is 0.283 e. The van der Waals surface area contributed by atoms with Crippen LogP contribution in [0.3, 0.4) is 0 Å². The molecule has 1 fully saturated rings. The minimum Gasteiger partial charge on any atom is -0.459 e. The summed E-state index contributed by atoms with van der Waals surface area (Å²) in [7, 11) is 0. The molecule has 25 heavy (non-hydrogen) atoms. The molecule has 0 unspecified atom stereocenters. The van der Waals surface area contributed by atoms with Crippen LogP contribution in [0, 0.1) is 0 Å². The van der Waals surface area contributed by atoms with Gasteiger partial charge in [-0.05, 0) is 29.8 Å². The summed E-state index contributed by atoms with van der Waals surface area (Å²) in [5, 5.41) is 8.94. The molecule has 0 aliphatic carbocycles. The average Bonchev–Trinajstić information content (AvgIpc) is 3.30. The first-order valence-electron chi connectivity index (χ1n) is 8.32. The van der Waals surface area contributed by atoms with Gasteiger partial charge >= 0.3 is 0 Å². The minimum atomic E-state index is 0.432. The normalized spacial score (nSPS) is 16.4. The first kappa shape index (κ1) is 16.3. The molecule has 0 spiro atoms. The Labute approximate surface area is 151 Å². The van der Waals surface area contributed by atoms with E-state index in [-0.39, 0.29) is 0 Å². The monoisotopic (exact) mass is 358 g/mol. The second-order valence-electron chi connectivity index (χ2n) is 6.16. The molecular weight excluding hydrogens is 340 g/mol. The third kappa shape index (κ3) is 4.10. The number of halogens is 1. The van der Waals surface area contributed by atoms with Crippen molar-refractivity contribution in [2.45, 2.75) is 13.1 Å². The van der Waals surface area contributed by atoms with E-state index < -0.39 is 0 Å². The van der Waals surface area contributed by atoms with Crippen molar-refractivity contribution in [1.29, 1.82) is 0 Å². The van der Waals surface area contributed by atoms with Crippen molar-refractivity contribution in [3.63, 3.8) is 0 Å². The number of piperazine rings is 1. The van der Waals surface area contributed by atoms with Crippen molar-refractivity contribution in [1.82, 2.24) is 20.0 Å². The lowest BCUT2D eigenvalue weighted by atomic mass is 10.2. The first-order valence-corrected chi connectivity index (χ1v) is 8.69. The smallest absolute Gasteiger partial charge is 0.283 e. The van der Waals surface area contributed by atoms with Crippen LogP contribution in [0.2, 0.25) is 5.02 Å². The van der Waals surface area contributed by atoms with E-state index in [0.29, 0.717) is 24.1 Å². The van der Waals surface area contributed by atoms with Crippen LogP contribution in [0.25, 0.3) is 11.7 Å². The first-order chi connectivity index (χ1) is 12.3. The predicted octanol–water partition coefficient (Wildman–Crippen LogP) is 3.30. The molecule has 0 bridgehead atoms. The van der Waals surface area contributed by atoms with Crippen molar-refractivity contribution in [2.75, 3.05) is 26.2 Å². The molecule has 0 atom stereocenters. The number of hydrogen-bond acceptors (Lipinski definition) is 6. The van der Waals surface area contributed by atoms with Gasteiger partial charge in [0.05, 0.1) is 12.8 Å². The third-order valence-corrected chi connectivity index (χ3v) is 4.59. The highest BCUT2D eigenvalue weighted by molar-refractivity contribution is 6.30. The van der Waals surface area contributed by atoms with Gasteiger partial charge in [-0.2, -0.15) is 0 Å². The Morgan fingerprint density at radius 1 is 0.920 bits per heavy atom. The Bertz CT molecular complexity index is 793. The van der Waals surface area contributed by atoms with Crippen molar-refractivity contribution in [2.24, 2.45) is 0 Å². The van der Waals surface area contributed by atoms with E-state index in [0.717, 1.165) is 37.7 Å². The second-order valence-corrected chi connectivity index (χ2v) is 6.59. The van der Waals surface area contributed by atoms with Gasteiger partial charge in [-0.3, -0.25) is 9.80 Å². The van der Waals surface area contributed by atoms with E-state index in [1.165, 1.54) is 5.56 Å². The summed E-state index contributed by atoms with van der Waals surface area (Å²) < 4.78 is 11.0. The van der Waals surface area contributed by atoms with E-state index >= 15 is 0 Å². The Balaban J connectivity index is 1.28. The Kier molecular flexibility index (Phi) is 4.83. The SMILES string of the molecule is Clc1ccc(CN2CCN(Cc3nnc(-c4ccco4)o3)CC2)cc1. The van der Waals surface area contributed by atoms with Crippen molar-refractivity contribution in [3.05, 3.63) is 59.1 Å². The summed E-state index contributed by atoms with van der Waals surface area (Å²) in [5.74, 6) is 1.66. The lowest BCUT2D eigenvalue weighted by molar-refractivity contribution is 0.114. The molecule has 7 heteroatoms. The van der Waals surface area contributed by atoms with Crippen LogP contribution in [0.5, 0.6) is 0 Å². The van der Waals surface area contributed by atoms with Crippen LogP contribution in [-0.2, 0) is 13.1 Å². The van der Waals surface area contributed by atoms with E-state index in [9.17, 15) is 0 Å². The largest absolute Gasteiger partial charge is 0.459 e. The van der Waals surface area contributed by atoms with Crippen molar-refractivity contribution >= 4 is 11.6 Å². The fourth-order valence-electron chi connectivity index (χ4n) is 2.96. The molecule has 6 nitrogen and oxygen atoms in total. The topological polar surface area (TPSA) is 58.5 Å². The molecule has 1 aliphatic heterocycles. The molecule has 4 rings (SSSR count). The standard InChI is InChI=1S/C18H19ClN4O2/c19-15-5-3-14(4-6-15)12-22-7-9-23(10-8-22)13-17-20-21-18(25-17)16-2-1-11-24-16/h1-6,11H,7-10,12-13H2. The summed E-state index contributed by atoms with van der Waals surface area (Å²) >= 11 is 5.94. The Hall–Kier alpha value is -2.15. The summed E-state index contributed by atoms with van der Waals surface area (Å²) in [6.45, 7) is 5.61. The lowest BCUT2D eigenvalue weighted by Crippen LogP contribution is -2.45. The summed E-state index contributed by atoms with van der Waals surface area (Å²) in [4.78, 5) is 4.78. The molecule has 2 aromatic heterocycles. The van der Waals surface area contributed by atoms with Crippen LogP contribution >= 0.6 is 11.6 Å². The van der Waals surface area contributed by atoms with Crippen LogP contribution in [0.4, 0.5) is 0 Å². The summed E-state index contributed by atoms with van der Waals surface area (Å²) in [5.41, 5.74) is 1.29. The van der Waals surface area contributed by atoms with Gasteiger partial charge in [-0.15, -0.1) is 10.2 Å². The molecule has 0 saturated carbocycles. The van der Waals surface area contributed by atoms with Crippen molar-refractivity contribution < 1.29 is 8.83 Å². The van der Waals surface area contributed by atoms with Gasteiger partial charge in [0, 0.05) is 37.7 Å². The average molecular weight is 359 g/mol. The number of rotatable bonds is 5.